The highest BCUT2D eigenvalue weighted by atomic mass is 16.5. The minimum absolute atomic E-state index is 0.154. The van der Waals surface area contributed by atoms with Gasteiger partial charge in [0.05, 0.1) is 18.7 Å². The minimum Gasteiger partial charge on any atom is -0.493 e. The number of nitrogens with zero attached hydrogens (tertiary/aromatic N) is 1. The molecule has 0 bridgehead atoms. The van der Waals surface area contributed by atoms with E-state index in [1.165, 1.54) is 0 Å². The van der Waals surface area contributed by atoms with Gasteiger partial charge in [-0.25, -0.2) is 0 Å². The Labute approximate surface area is 126 Å². The van der Waals surface area contributed by atoms with Crippen LogP contribution in [0.4, 0.5) is 0 Å². The molecule has 2 aromatic carbocycles. The monoisotopic (exact) mass is 280 g/mol. The van der Waals surface area contributed by atoms with Crippen molar-refractivity contribution in [3.8, 4) is 22.9 Å². The molecule has 2 aromatic rings. The van der Waals surface area contributed by atoms with Crippen LogP contribution in [0.25, 0.3) is 11.1 Å². The molecule has 0 aliphatic rings. The van der Waals surface area contributed by atoms with Crippen molar-refractivity contribution in [2.24, 2.45) is 0 Å². The molecular formula is C18H20N2O. The first kappa shape index (κ1) is 15.1. The summed E-state index contributed by atoms with van der Waals surface area (Å²) >= 11 is 0. The molecule has 21 heavy (non-hydrogen) atoms. The van der Waals surface area contributed by atoms with Crippen LogP contribution in [-0.4, -0.2) is 19.2 Å². The van der Waals surface area contributed by atoms with E-state index in [-0.39, 0.29) is 6.04 Å². The third kappa shape index (κ3) is 4.34. The average molecular weight is 280 g/mol. The fourth-order valence-electron chi connectivity index (χ4n) is 2.19. The van der Waals surface area contributed by atoms with E-state index in [0.29, 0.717) is 13.0 Å². The van der Waals surface area contributed by atoms with E-state index in [9.17, 15) is 0 Å². The van der Waals surface area contributed by atoms with Gasteiger partial charge in [-0.2, -0.15) is 5.26 Å². The van der Waals surface area contributed by atoms with Gasteiger partial charge in [-0.3, -0.25) is 0 Å². The van der Waals surface area contributed by atoms with Crippen LogP contribution in [0.5, 0.6) is 5.75 Å². The van der Waals surface area contributed by atoms with Crippen molar-refractivity contribution in [1.29, 1.82) is 5.26 Å². The van der Waals surface area contributed by atoms with Crippen LogP contribution in [0.15, 0.2) is 54.6 Å². The SMILES string of the molecule is CCNC(C#N)CCOc1ccccc1-c1ccccc1. The number of hydrogen-bond acceptors (Lipinski definition) is 3. The van der Waals surface area contributed by atoms with Gasteiger partial charge in [-0.15, -0.1) is 0 Å². The maximum atomic E-state index is 9.02. The van der Waals surface area contributed by atoms with E-state index >= 15 is 0 Å². The van der Waals surface area contributed by atoms with Crippen molar-refractivity contribution in [3.63, 3.8) is 0 Å². The average Bonchev–Trinajstić information content (AvgIpc) is 2.55. The van der Waals surface area contributed by atoms with Gasteiger partial charge >= 0.3 is 0 Å². The highest BCUT2D eigenvalue weighted by Gasteiger charge is 2.08. The van der Waals surface area contributed by atoms with E-state index < -0.39 is 0 Å². The van der Waals surface area contributed by atoms with E-state index in [1.54, 1.807) is 0 Å². The van der Waals surface area contributed by atoms with Crippen molar-refractivity contribution in [3.05, 3.63) is 54.6 Å². The summed E-state index contributed by atoms with van der Waals surface area (Å²) in [6.45, 7) is 3.31. The van der Waals surface area contributed by atoms with Gasteiger partial charge in [0.2, 0.25) is 0 Å². The molecule has 0 spiro atoms. The number of rotatable bonds is 7. The lowest BCUT2D eigenvalue weighted by molar-refractivity contribution is 0.299. The van der Waals surface area contributed by atoms with Crippen molar-refractivity contribution in [2.45, 2.75) is 19.4 Å². The summed E-state index contributed by atoms with van der Waals surface area (Å²) in [5, 5.41) is 12.1. The number of nitriles is 1. The topological polar surface area (TPSA) is 45.0 Å². The standard InChI is InChI=1S/C18H20N2O/c1-2-20-16(14-19)12-13-21-18-11-7-6-10-17(18)15-8-4-3-5-9-15/h3-11,16,20H,2,12-13H2,1H3. The van der Waals surface area contributed by atoms with E-state index in [2.05, 4.69) is 29.6 Å². The Bertz CT molecular complexity index is 590. The second kappa shape index (κ2) is 8.08. The quantitative estimate of drug-likeness (QED) is 0.842. The van der Waals surface area contributed by atoms with Gasteiger partial charge in [0.15, 0.2) is 0 Å². The Morgan fingerprint density at radius 3 is 2.52 bits per heavy atom. The van der Waals surface area contributed by atoms with Crippen LogP contribution in [0, 0.1) is 11.3 Å². The first-order valence-corrected chi connectivity index (χ1v) is 7.25. The molecule has 0 saturated carbocycles. The van der Waals surface area contributed by atoms with Crippen molar-refractivity contribution < 1.29 is 4.74 Å². The van der Waals surface area contributed by atoms with Gasteiger partial charge < -0.3 is 10.1 Å². The van der Waals surface area contributed by atoms with Gasteiger partial charge in [0, 0.05) is 12.0 Å². The van der Waals surface area contributed by atoms with Crippen LogP contribution in [0.2, 0.25) is 0 Å². The molecule has 3 nitrogen and oxygen atoms in total. The normalized spacial score (nSPS) is 11.6. The maximum Gasteiger partial charge on any atom is 0.127 e. The summed E-state index contributed by atoms with van der Waals surface area (Å²) in [6, 6.07) is 20.3. The number of para-hydroxylation sites is 1. The fourth-order valence-corrected chi connectivity index (χ4v) is 2.19. The number of benzene rings is 2. The Kier molecular flexibility index (Phi) is 5.81. The molecule has 3 heteroatoms. The molecule has 2 rings (SSSR count). The van der Waals surface area contributed by atoms with Gasteiger partial charge in [0.1, 0.15) is 5.75 Å². The lowest BCUT2D eigenvalue weighted by Crippen LogP contribution is -2.28. The zero-order valence-electron chi connectivity index (χ0n) is 12.3. The summed E-state index contributed by atoms with van der Waals surface area (Å²) < 4.78 is 5.88. The van der Waals surface area contributed by atoms with Crippen molar-refractivity contribution in [2.75, 3.05) is 13.2 Å². The molecule has 0 aliphatic heterocycles. The zero-order chi connectivity index (χ0) is 14.9. The highest BCUT2D eigenvalue weighted by molar-refractivity contribution is 5.70. The minimum atomic E-state index is -0.154. The van der Waals surface area contributed by atoms with E-state index in [1.807, 2.05) is 43.3 Å². The second-order valence-electron chi connectivity index (χ2n) is 4.74. The number of ether oxygens (including phenoxy) is 1. The summed E-state index contributed by atoms with van der Waals surface area (Å²) in [5.74, 6) is 0.858. The summed E-state index contributed by atoms with van der Waals surface area (Å²) in [5.41, 5.74) is 2.21. The Balaban J connectivity index is 2.03. The van der Waals surface area contributed by atoms with E-state index in [0.717, 1.165) is 23.4 Å². The first-order chi connectivity index (χ1) is 10.3. The van der Waals surface area contributed by atoms with Gasteiger partial charge in [0.25, 0.3) is 0 Å². The largest absolute Gasteiger partial charge is 0.493 e. The smallest absolute Gasteiger partial charge is 0.127 e. The second-order valence-corrected chi connectivity index (χ2v) is 4.74. The molecule has 0 radical (unpaired) electrons. The van der Waals surface area contributed by atoms with Crippen LogP contribution in [0.1, 0.15) is 13.3 Å². The first-order valence-electron chi connectivity index (χ1n) is 7.25. The fraction of sp³-hybridized carbons (Fsp3) is 0.278. The summed E-state index contributed by atoms with van der Waals surface area (Å²) in [4.78, 5) is 0. The molecule has 1 N–H and O–H groups in total. The van der Waals surface area contributed by atoms with Crippen LogP contribution in [0.3, 0.4) is 0 Å². The molecule has 0 amide bonds. The van der Waals surface area contributed by atoms with Crippen molar-refractivity contribution in [1.82, 2.24) is 5.32 Å². The molecule has 0 aliphatic carbocycles. The lowest BCUT2D eigenvalue weighted by atomic mass is 10.1. The van der Waals surface area contributed by atoms with Crippen LogP contribution < -0.4 is 10.1 Å². The molecule has 0 saturated heterocycles. The lowest BCUT2D eigenvalue weighted by Gasteiger charge is -2.13. The Hall–Kier alpha value is -2.31. The van der Waals surface area contributed by atoms with Crippen molar-refractivity contribution >= 4 is 0 Å². The third-order valence-corrected chi connectivity index (χ3v) is 3.24. The molecular weight excluding hydrogens is 260 g/mol. The summed E-state index contributed by atoms with van der Waals surface area (Å²) in [6.07, 6.45) is 0.674. The molecule has 1 atom stereocenters. The Morgan fingerprint density at radius 1 is 1.10 bits per heavy atom. The third-order valence-electron chi connectivity index (χ3n) is 3.24. The predicted molar refractivity (Wildman–Crippen MR) is 85.1 cm³/mol. The highest BCUT2D eigenvalue weighted by Crippen LogP contribution is 2.29. The van der Waals surface area contributed by atoms with Crippen LogP contribution in [-0.2, 0) is 0 Å². The molecule has 0 fully saturated rings. The van der Waals surface area contributed by atoms with Crippen LogP contribution >= 0.6 is 0 Å². The van der Waals surface area contributed by atoms with E-state index in [4.69, 9.17) is 10.00 Å². The Morgan fingerprint density at radius 2 is 1.81 bits per heavy atom. The van der Waals surface area contributed by atoms with Gasteiger partial charge in [-0.05, 0) is 18.2 Å². The maximum absolute atomic E-state index is 9.02. The molecule has 0 heterocycles. The molecule has 1 unspecified atom stereocenters. The zero-order valence-corrected chi connectivity index (χ0v) is 12.3. The number of hydrogen-bond donors (Lipinski definition) is 1. The molecule has 0 aromatic heterocycles. The predicted octanol–water partition coefficient (Wildman–Crippen LogP) is 3.62. The molecule has 108 valence electrons. The number of nitrogens with one attached hydrogen (secondary N) is 1. The summed E-state index contributed by atoms with van der Waals surface area (Å²) in [7, 11) is 0. The van der Waals surface area contributed by atoms with Gasteiger partial charge in [-0.1, -0.05) is 55.5 Å².